The minimum Gasteiger partial charge on any atom is -0.462 e. The fourth-order valence-corrected chi connectivity index (χ4v) is 4.32. The zero-order valence-corrected chi connectivity index (χ0v) is 13.5. The van der Waals surface area contributed by atoms with Gasteiger partial charge in [0, 0.05) is 25.2 Å². The zero-order chi connectivity index (χ0) is 15.6. The highest BCUT2D eigenvalue weighted by atomic mass is 16.7. The number of aliphatic hydroxyl groups excluding tert-OH is 1. The lowest BCUT2D eigenvalue weighted by atomic mass is 9.86. The summed E-state index contributed by atoms with van der Waals surface area (Å²) in [4.78, 5) is 11.5. The molecule has 0 aromatic heterocycles. The van der Waals surface area contributed by atoms with Crippen LogP contribution in [0.15, 0.2) is 0 Å². The summed E-state index contributed by atoms with van der Waals surface area (Å²) in [5, 5.41) is 10.3. The van der Waals surface area contributed by atoms with Crippen molar-refractivity contribution in [2.24, 2.45) is 11.8 Å². The van der Waals surface area contributed by atoms with E-state index in [9.17, 15) is 9.90 Å². The quantitative estimate of drug-likeness (QED) is 0.577. The van der Waals surface area contributed by atoms with Gasteiger partial charge in [-0.15, -0.1) is 0 Å². The van der Waals surface area contributed by atoms with E-state index < -0.39 is 5.79 Å². The van der Waals surface area contributed by atoms with Gasteiger partial charge in [-0.3, -0.25) is 4.79 Å². The Labute approximate surface area is 132 Å². The van der Waals surface area contributed by atoms with E-state index in [-0.39, 0.29) is 30.0 Å². The Morgan fingerprint density at radius 2 is 2.00 bits per heavy atom. The Hall–Kier alpha value is -0.650. The highest BCUT2D eigenvalue weighted by molar-refractivity contribution is 5.72. The number of rotatable bonds is 7. The average Bonchev–Trinajstić information content (AvgIpc) is 3.13. The second kappa shape index (κ2) is 6.85. The Kier molecular flexibility index (Phi) is 5.05. The molecule has 3 fully saturated rings. The molecular formula is C17H28O5. The van der Waals surface area contributed by atoms with Crippen LogP contribution in [0.25, 0.3) is 0 Å². The molecule has 2 heterocycles. The lowest BCUT2D eigenvalue weighted by molar-refractivity contribution is -0.171. The van der Waals surface area contributed by atoms with Crippen molar-refractivity contribution in [3.63, 3.8) is 0 Å². The summed E-state index contributed by atoms with van der Waals surface area (Å²) in [7, 11) is 0. The molecule has 0 radical (unpaired) electrons. The molecule has 22 heavy (non-hydrogen) atoms. The van der Waals surface area contributed by atoms with Crippen LogP contribution in [-0.2, 0) is 19.0 Å². The molecule has 2 aliphatic heterocycles. The number of ether oxygens (including phenoxy) is 3. The number of esters is 1. The maximum absolute atomic E-state index is 11.5. The summed E-state index contributed by atoms with van der Waals surface area (Å²) < 4.78 is 17.1. The fraction of sp³-hybridized carbons (Fsp3) is 0.941. The number of unbranched alkanes of at least 4 members (excludes halogenated alkanes) is 2. The third kappa shape index (κ3) is 3.31. The summed E-state index contributed by atoms with van der Waals surface area (Å²) in [5.74, 6) is -0.266. The SMILES string of the molecule is CCCCCC1(CC[C@@H]2[C@H]3CC(=O)O[C@H]3C[C@H]2O)OCCO1. The molecule has 0 spiro atoms. The van der Waals surface area contributed by atoms with Gasteiger partial charge >= 0.3 is 5.97 Å². The molecule has 2 saturated heterocycles. The number of hydrogen-bond donors (Lipinski definition) is 1. The monoisotopic (exact) mass is 312 g/mol. The van der Waals surface area contributed by atoms with Crippen molar-refractivity contribution in [1.29, 1.82) is 0 Å². The Morgan fingerprint density at radius 1 is 1.23 bits per heavy atom. The van der Waals surface area contributed by atoms with Gasteiger partial charge in [-0.2, -0.15) is 0 Å². The van der Waals surface area contributed by atoms with Crippen molar-refractivity contribution in [3.05, 3.63) is 0 Å². The van der Waals surface area contributed by atoms with Gasteiger partial charge in [0.05, 0.1) is 25.7 Å². The van der Waals surface area contributed by atoms with Crippen LogP contribution in [0.4, 0.5) is 0 Å². The highest BCUT2D eigenvalue weighted by Crippen LogP contribution is 2.45. The van der Waals surface area contributed by atoms with Crippen LogP contribution in [0, 0.1) is 11.8 Å². The van der Waals surface area contributed by atoms with Gasteiger partial charge < -0.3 is 19.3 Å². The first-order valence-electron chi connectivity index (χ1n) is 8.79. The van der Waals surface area contributed by atoms with E-state index in [0.29, 0.717) is 26.1 Å². The summed E-state index contributed by atoms with van der Waals surface area (Å²) in [6.07, 6.45) is 6.65. The molecular weight excluding hydrogens is 284 g/mol. The van der Waals surface area contributed by atoms with E-state index >= 15 is 0 Å². The van der Waals surface area contributed by atoms with E-state index in [1.54, 1.807) is 0 Å². The molecule has 0 amide bonds. The third-order valence-corrected chi connectivity index (χ3v) is 5.51. The average molecular weight is 312 g/mol. The lowest BCUT2D eigenvalue weighted by Gasteiger charge is -2.30. The smallest absolute Gasteiger partial charge is 0.306 e. The molecule has 3 aliphatic rings. The van der Waals surface area contributed by atoms with E-state index in [2.05, 4.69) is 6.92 Å². The predicted octanol–water partition coefficient (Wildman–Crippen LogP) is 2.40. The summed E-state index contributed by atoms with van der Waals surface area (Å²) in [5.41, 5.74) is 0. The second-order valence-corrected chi connectivity index (χ2v) is 6.97. The lowest BCUT2D eigenvalue weighted by Crippen LogP contribution is -2.32. The Balaban J connectivity index is 1.56. The van der Waals surface area contributed by atoms with Crippen molar-refractivity contribution in [2.75, 3.05) is 13.2 Å². The Morgan fingerprint density at radius 3 is 2.73 bits per heavy atom. The predicted molar refractivity (Wildman–Crippen MR) is 80.1 cm³/mol. The maximum Gasteiger partial charge on any atom is 0.306 e. The van der Waals surface area contributed by atoms with Crippen molar-refractivity contribution in [2.45, 2.75) is 76.3 Å². The van der Waals surface area contributed by atoms with Crippen LogP contribution < -0.4 is 0 Å². The number of carbonyl (C=O) groups excluding carboxylic acids is 1. The standard InChI is InChI=1S/C17H28O5/c1-2-3-4-6-17(20-8-9-21-17)7-5-12-13-10-16(19)22-15(13)11-14(12)18/h12-15,18H,2-11H2,1H3/t12-,13-,14-,15+/m1/s1. The van der Waals surface area contributed by atoms with Gasteiger partial charge in [0.2, 0.25) is 0 Å². The van der Waals surface area contributed by atoms with Crippen molar-refractivity contribution >= 4 is 5.97 Å². The van der Waals surface area contributed by atoms with Gasteiger partial charge in [-0.25, -0.2) is 0 Å². The van der Waals surface area contributed by atoms with Crippen LogP contribution in [0.1, 0.15) is 58.3 Å². The first kappa shape index (κ1) is 16.2. The van der Waals surface area contributed by atoms with E-state index in [0.717, 1.165) is 25.7 Å². The highest BCUT2D eigenvalue weighted by Gasteiger charge is 2.50. The molecule has 0 aromatic rings. The van der Waals surface area contributed by atoms with Crippen LogP contribution in [0.3, 0.4) is 0 Å². The van der Waals surface area contributed by atoms with Crippen molar-refractivity contribution in [3.8, 4) is 0 Å². The van der Waals surface area contributed by atoms with Gasteiger partial charge in [0.1, 0.15) is 6.10 Å². The molecule has 1 aliphatic carbocycles. The van der Waals surface area contributed by atoms with Crippen molar-refractivity contribution < 1.29 is 24.1 Å². The van der Waals surface area contributed by atoms with Crippen LogP contribution in [-0.4, -0.2) is 42.3 Å². The van der Waals surface area contributed by atoms with Crippen LogP contribution in [0.5, 0.6) is 0 Å². The first-order valence-corrected chi connectivity index (χ1v) is 8.79. The summed E-state index contributed by atoms with van der Waals surface area (Å²) in [6, 6.07) is 0. The molecule has 1 saturated carbocycles. The summed E-state index contributed by atoms with van der Waals surface area (Å²) >= 11 is 0. The minimum absolute atomic E-state index is 0.0750. The number of hydrogen-bond acceptors (Lipinski definition) is 5. The molecule has 0 unspecified atom stereocenters. The fourth-order valence-electron chi connectivity index (χ4n) is 4.32. The van der Waals surface area contributed by atoms with E-state index in [1.165, 1.54) is 12.8 Å². The number of carbonyl (C=O) groups is 1. The zero-order valence-electron chi connectivity index (χ0n) is 13.5. The summed E-state index contributed by atoms with van der Waals surface area (Å²) in [6.45, 7) is 3.51. The molecule has 5 nitrogen and oxygen atoms in total. The molecule has 1 N–H and O–H groups in total. The molecule has 0 bridgehead atoms. The molecule has 5 heteroatoms. The van der Waals surface area contributed by atoms with Crippen molar-refractivity contribution in [1.82, 2.24) is 0 Å². The molecule has 4 atom stereocenters. The Bertz CT molecular complexity index is 391. The molecule has 3 rings (SSSR count). The van der Waals surface area contributed by atoms with Gasteiger partial charge in [0.25, 0.3) is 0 Å². The minimum atomic E-state index is -0.462. The van der Waals surface area contributed by atoms with Crippen LogP contribution in [0.2, 0.25) is 0 Å². The molecule has 0 aromatic carbocycles. The second-order valence-electron chi connectivity index (χ2n) is 6.97. The largest absolute Gasteiger partial charge is 0.462 e. The normalized spacial score (nSPS) is 36.5. The number of fused-ring (bicyclic) bond motifs is 1. The van der Waals surface area contributed by atoms with Gasteiger partial charge in [-0.05, 0) is 18.8 Å². The first-order chi connectivity index (χ1) is 10.6. The van der Waals surface area contributed by atoms with E-state index in [1.807, 2.05) is 0 Å². The maximum atomic E-state index is 11.5. The third-order valence-electron chi connectivity index (χ3n) is 5.51. The van der Waals surface area contributed by atoms with Crippen LogP contribution >= 0.6 is 0 Å². The molecule has 126 valence electrons. The van der Waals surface area contributed by atoms with E-state index in [4.69, 9.17) is 14.2 Å². The number of aliphatic hydroxyl groups is 1. The van der Waals surface area contributed by atoms with Gasteiger partial charge in [0.15, 0.2) is 5.79 Å². The topological polar surface area (TPSA) is 65.0 Å². The van der Waals surface area contributed by atoms with Gasteiger partial charge in [-0.1, -0.05) is 19.8 Å².